The first-order chi connectivity index (χ1) is 7.36. The Kier molecular flexibility index (Phi) is 6.69. The molecule has 0 spiro atoms. The molecule has 0 atom stereocenters. The standard InChI is InChI=1S/C13H19BrO/c1-2-3-8-15-9-7-12-5-4-6-13(10-12)11-14/h4-6,10H,2-3,7-9,11H2,1H3. The van der Waals surface area contributed by atoms with Crippen LogP contribution in [0.15, 0.2) is 24.3 Å². The summed E-state index contributed by atoms with van der Waals surface area (Å²) in [5, 5.41) is 0.928. The van der Waals surface area contributed by atoms with Crippen LogP contribution in [0.25, 0.3) is 0 Å². The van der Waals surface area contributed by atoms with Crippen LogP contribution in [-0.4, -0.2) is 13.2 Å². The predicted octanol–water partition coefficient (Wildman–Crippen LogP) is 3.94. The van der Waals surface area contributed by atoms with Crippen molar-refractivity contribution >= 4 is 15.9 Å². The van der Waals surface area contributed by atoms with E-state index in [4.69, 9.17) is 4.74 Å². The number of ether oxygens (including phenoxy) is 1. The minimum atomic E-state index is 0.839. The van der Waals surface area contributed by atoms with Crippen LogP contribution in [0.5, 0.6) is 0 Å². The van der Waals surface area contributed by atoms with Crippen LogP contribution in [0, 0.1) is 0 Å². The van der Waals surface area contributed by atoms with Gasteiger partial charge in [-0.1, -0.05) is 53.5 Å². The number of benzene rings is 1. The normalized spacial score (nSPS) is 10.5. The van der Waals surface area contributed by atoms with Crippen molar-refractivity contribution in [2.45, 2.75) is 31.5 Å². The second-order valence-electron chi connectivity index (χ2n) is 3.67. The molecule has 0 amide bonds. The Balaban J connectivity index is 2.24. The maximum atomic E-state index is 5.54. The molecule has 0 aliphatic heterocycles. The van der Waals surface area contributed by atoms with Crippen LogP contribution in [0.4, 0.5) is 0 Å². The van der Waals surface area contributed by atoms with Crippen LogP contribution in [-0.2, 0) is 16.5 Å². The average Bonchev–Trinajstić information content (AvgIpc) is 2.29. The van der Waals surface area contributed by atoms with Gasteiger partial charge in [0.05, 0.1) is 6.61 Å². The second-order valence-corrected chi connectivity index (χ2v) is 4.23. The summed E-state index contributed by atoms with van der Waals surface area (Å²) in [7, 11) is 0. The molecule has 1 aromatic carbocycles. The lowest BCUT2D eigenvalue weighted by atomic mass is 10.1. The lowest BCUT2D eigenvalue weighted by Gasteiger charge is -2.04. The molecule has 0 saturated carbocycles. The Morgan fingerprint density at radius 2 is 2.00 bits per heavy atom. The molecule has 0 radical (unpaired) electrons. The maximum Gasteiger partial charge on any atom is 0.0506 e. The summed E-state index contributed by atoms with van der Waals surface area (Å²) in [6.45, 7) is 3.92. The first-order valence-corrected chi connectivity index (χ1v) is 6.70. The fourth-order valence-corrected chi connectivity index (χ4v) is 1.76. The van der Waals surface area contributed by atoms with Gasteiger partial charge < -0.3 is 4.74 Å². The molecule has 2 heteroatoms. The third-order valence-electron chi connectivity index (χ3n) is 2.32. The summed E-state index contributed by atoms with van der Waals surface area (Å²) in [5.41, 5.74) is 2.70. The van der Waals surface area contributed by atoms with Crippen molar-refractivity contribution in [3.05, 3.63) is 35.4 Å². The zero-order valence-corrected chi connectivity index (χ0v) is 10.9. The van der Waals surface area contributed by atoms with Crippen molar-refractivity contribution in [3.63, 3.8) is 0 Å². The summed E-state index contributed by atoms with van der Waals surface area (Å²) >= 11 is 3.46. The molecule has 0 unspecified atom stereocenters. The van der Waals surface area contributed by atoms with Crippen molar-refractivity contribution in [1.29, 1.82) is 0 Å². The number of rotatable bonds is 7. The Labute approximate surface area is 101 Å². The van der Waals surface area contributed by atoms with E-state index in [2.05, 4.69) is 47.1 Å². The highest BCUT2D eigenvalue weighted by molar-refractivity contribution is 9.08. The number of halogens is 1. The fraction of sp³-hybridized carbons (Fsp3) is 0.538. The van der Waals surface area contributed by atoms with Crippen molar-refractivity contribution in [2.24, 2.45) is 0 Å². The quantitative estimate of drug-likeness (QED) is 0.539. The molecule has 0 aliphatic rings. The van der Waals surface area contributed by atoms with Gasteiger partial charge >= 0.3 is 0 Å². The topological polar surface area (TPSA) is 9.23 Å². The van der Waals surface area contributed by atoms with Gasteiger partial charge in [0.2, 0.25) is 0 Å². The summed E-state index contributed by atoms with van der Waals surface area (Å²) < 4.78 is 5.54. The van der Waals surface area contributed by atoms with Crippen molar-refractivity contribution in [2.75, 3.05) is 13.2 Å². The lowest BCUT2D eigenvalue weighted by Crippen LogP contribution is -2.00. The molecule has 1 rings (SSSR count). The largest absolute Gasteiger partial charge is 0.381 e. The SMILES string of the molecule is CCCCOCCc1cccc(CBr)c1. The summed E-state index contributed by atoms with van der Waals surface area (Å²) in [6.07, 6.45) is 3.39. The van der Waals surface area contributed by atoms with Gasteiger partial charge in [0.1, 0.15) is 0 Å². The van der Waals surface area contributed by atoms with Gasteiger partial charge in [0, 0.05) is 11.9 Å². The first-order valence-electron chi connectivity index (χ1n) is 5.58. The van der Waals surface area contributed by atoms with Crippen molar-refractivity contribution < 1.29 is 4.74 Å². The number of alkyl halides is 1. The van der Waals surface area contributed by atoms with Crippen LogP contribution >= 0.6 is 15.9 Å². The molecule has 0 N–H and O–H groups in total. The van der Waals surface area contributed by atoms with E-state index < -0.39 is 0 Å². The minimum Gasteiger partial charge on any atom is -0.381 e. The summed E-state index contributed by atoms with van der Waals surface area (Å²) in [6, 6.07) is 8.64. The van der Waals surface area contributed by atoms with Gasteiger partial charge in [-0.15, -0.1) is 0 Å². The molecular formula is C13H19BrO. The molecule has 1 aromatic rings. The number of hydrogen-bond donors (Lipinski definition) is 0. The minimum absolute atomic E-state index is 0.839. The van der Waals surface area contributed by atoms with Crippen molar-refractivity contribution in [3.8, 4) is 0 Å². The van der Waals surface area contributed by atoms with Crippen LogP contribution in [0.1, 0.15) is 30.9 Å². The molecular weight excluding hydrogens is 252 g/mol. The zero-order valence-electron chi connectivity index (χ0n) is 9.34. The van der Waals surface area contributed by atoms with E-state index in [9.17, 15) is 0 Å². The van der Waals surface area contributed by atoms with Gasteiger partial charge in [-0.25, -0.2) is 0 Å². The monoisotopic (exact) mass is 270 g/mol. The Morgan fingerprint density at radius 1 is 1.20 bits per heavy atom. The molecule has 1 nitrogen and oxygen atoms in total. The average molecular weight is 271 g/mol. The molecule has 0 aliphatic carbocycles. The van der Waals surface area contributed by atoms with E-state index in [-0.39, 0.29) is 0 Å². The van der Waals surface area contributed by atoms with Gasteiger partial charge in [-0.3, -0.25) is 0 Å². The molecule has 0 aromatic heterocycles. The van der Waals surface area contributed by atoms with Crippen LogP contribution < -0.4 is 0 Å². The van der Waals surface area contributed by atoms with Gasteiger partial charge in [-0.2, -0.15) is 0 Å². The molecule has 0 bridgehead atoms. The van der Waals surface area contributed by atoms with E-state index in [0.29, 0.717) is 0 Å². The second kappa shape index (κ2) is 7.89. The smallest absolute Gasteiger partial charge is 0.0506 e. The van der Waals surface area contributed by atoms with Crippen LogP contribution in [0.3, 0.4) is 0 Å². The maximum absolute atomic E-state index is 5.54. The van der Waals surface area contributed by atoms with Crippen LogP contribution in [0.2, 0.25) is 0 Å². The fourth-order valence-electron chi connectivity index (χ4n) is 1.41. The Hall–Kier alpha value is -0.340. The van der Waals surface area contributed by atoms with E-state index in [1.165, 1.54) is 24.0 Å². The number of hydrogen-bond acceptors (Lipinski definition) is 1. The predicted molar refractivity (Wildman–Crippen MR) is 68.5 cm³/mol. The highest BCUT2D eigenvalue weighted by Crippen LogP contribution is 2.09. The number of unbranched alkanes of at least 4 members (excludes halogenated alkanes) is 1. The van der Waals surface area contributed by atoms with Crippen molar-refractivity contribution in [1.82, 2.24) is 0 Å². The molecule has 0 fully saturated rings. The highest BCUT2D eigenvalue weighted by atomic mass is 79.9. The van der Waals surface area contributed by atoms with E-state index in [1.807, 2.05) is 0 Å². The van der Waals surface area contributed by atoms with Gasteiger partial charge in [0.15, 0.2) is 0 Å². The zero-order chi connectivity index (χ0) is 10.9. The van der Waals surface area contributed by atoms with E-state index in [0.717, 1.165) is 25.0 Å². The Morgan fingerprint density at radius 3 is 2.73 bits per heavy atom. The van der Waals surface area contributed by atoms with E-state index in [1.54, 1.807) is 0 Å². The lowest BCUT2D eigenvalue weighted by molar-refractivity contribution is 0.134. The molecule has 0 heterocycles. The summed E-state index contributed by atoms with van der Waals surface area (Å²) in [4.78, 5) is 0. The third kappa shape index (κ3) is 5.33. The summed E-state index contributed by atoms with van der Waals surface area (Å²) in [5.74, 6) is 0. The first kappa shape index (κ1) is 12.7. The Bertz CT molecular complexity index is 273. The third-order valence-corrected chi connectivity index (χ3v) is 2.97. The van der Waals surface area contributed by atoms with E-state index >= 15 is 0 Å². The molecule has 15 heavy (non-hydrogen) atoms. The van der Waals surface area contributed by atoms with Gasteiger partial charge in [-0.05, 0) is 24.0 Å². The molecule has 84 valence electrons. The van der Waals surface area contributed by atoms with Gasteiger partial charge in [0.25, 0.3) is 0 Å². The highest BCUT2D eigenvalue weighted by Gasteiger charge is 1.95. The molecule has 0 saturated heterocycles.